The second-order valence-electron chi connectivity index (χ2n) is 8.16. The van der Waals surface area contributed by atoms with Crippen molar-refractivity contribution in [3.8, 4) is 0 Å². The summed E-state index contributed by atoms with van der Waals surface area (Å²) >= 11 is 0. The van der Waals surface area contributed by atoms with Crippen LogP contribution in [-0.2, 0) is 28.8 Å². The van der Waals surface area contributed by atoms with Gasteiger partial charge in [-0.1, -0.05) is 20.3 Å². The minimum atomic E-state index is -1.63. The summed E-state index contributed by atoms with van der Waals surface area (Å²) in [5.41, 5.74) is 21.2. The van der Waals surface area contributed by atoms with Gasteiger partial charge in [0, 0.05) is 6.54 Å². The molecule has 36 heavy (non-hydrogen) atoms. The Bertz CT molecular complexity index is 846. The highest BCUT2D eigenvalue weighted by Crippen LogP contribution is 2.10. The minimum absolute atomic E-state index is 0.129. The third kappa shape index (κ3) is 12.5. The number of aliphatic carboxylic acids is 2. The maximum atomic E-state index is 12.9. The van der Waals surface area contributed by atoms with Gasteiger partial charge in [0.25, 0.3) is 0 Å². The fourth-order valence-corrected chi connectivity index (χ4v) is 2.93. The fraction of sp³-hybridized carbons (Fsp3) is 0.650. The van der Waals surface area contributed by atoms with Crippen molar-refractivity contribution < 1.29 is 39.0 Å². The molecule has 0 heterocycles. The molecule has 0 bridgehead atoms. The van der Waals surface area contributed by atoms with E-state index in [4.69, 9.17) is 22.9 Å². The lowest BCUT2D eigenvalue weighted by atomic mass is 9.97. The molecule has 0 radical (unpaired) electrons. The van der Waals surface area contributed by atoms with Crippen molar-refractivity contribution in [2.75, 3.05) is 6.54 Å². The van der Waals surface area contributed by atoms with E-state index in [-0.39, 0.29) is 18.9 Å². The Morgan fingerprint density at radius 1 is 0.861 bits per heavy atom. The summed E-state index contributed by atoms with van der Waals surface area (Å²) in [4.78, 5) is 75.5. The average Bonchev–Trinajstić information content (AvgIpc) is 2.77. The molecule has 0 aliphatic rings. The molecule has 0 rings (SSSR count). The largest absolute Gasteiger partial charge is 0.481 e. The highest BCUT2D eigenvalue weighted by atomic mass is 16.4. The number of carboxylic acid groups (broad SMARTS) is 2. The van der Waals surface area contributed by atoms with E-state index in [0.29, 0.717) is 12.8 Å². The van der Waals surface area contributed by atoms with E-state index in [0.717, 1.165) is 0 Å². The van der Waals surface area contributed by atoms with Crippen LogP contribution in [0.4, 0.5) is 0 Å². The van der Waals surface area contributed by atoms with E-state index in [9.17, 15) is 39.0 Å². The number of carbonyl (C=O) groups is 6. The Labute approximate surface area is 207 Å². The zero-order valence-corrected chi connectivity index (χ0v) is 20.2. The van der Waals surface area contributed by atoms with Crippen molar-refractivity contribution in [2.45, 2.75) is 70.1 Å². The van der Waals surface area contributed by atoms with Crippen LogP contribution in [0.1, 0.15) is 46.0 Å². The second kappa shape index (κ2) is 15.9. The quantitative estimate of drug-likeness (QED) is 0.0514. The summed E-state index contributed by atoms with van der Waals surface area (Å²) in [6.45, 7) is 3.50. The number of carbonyl (C=O) groups excluding carboxylic acids is 4. The van der Waals surface area contributed by atoms with Gasteiger partial charge in [-0.2, -0.15) is 0 Å². The predicted molar refractivity (Wildman–Crippen MR) is 127 cm³/mol. The number of aliphatic imine (C=N–C) groups is 1. The van der Waals surface area contributed by atoms with Gasteiger partial charge in [-0.15, -0.1) is 0 Å². The van der Waals surface area contributed by atoms with E-state index in [1.165, 1.54) is 0 Å². The Kier molecular flexibility index (Phi) is 14.1. The van der Waals surface area contributed by atoms with Gasteiger partial charge in [0.2, 0.25) is 23.6 Å². The molecule has 16 nitrogen and oxygen atoms in total. The highest BCUT2D eigenvalue weighted by Gasteiger charge is 2.33. The molecule has 0 saturated heterocycles. The van der Waals surface area contributed by atoms with Crippen molar-refractivity contribution in [1.29, 1.82) is 0 Å². The molecule has 5 unspecified atom stereocenters. The third-order valence-corrected chi connectivity index (χ3v) is 5.13. The lowest BCUT2D eigenvalue weighted by Gasteiger charge is -2.27. The number of primary amides is 1. The zero-order chi connectivity index (χ0) is 28.0. The van der Waals surface area contributed by atoms with Gasteiger partial charge in [-0.05, 0) is 18.8 Å². The summed E-state index contributed by atoms with van der Waals surface area (Å²) in [6, 6.07) is -5.62. The lowest BCUT2D eigenvalue weighted by Crippen LogP contribution is -2.59. The number of rotatable bonds is 17. The molecule has 0 aliphatic heterocycles. The maximum absolute atomic E-state index is 12.9. The Morgan fingerprint density at radius 3 is 1.92 bits per heavy atom. The van der Waals surface area contributed by atoms with Crippen LogP contribution in [0.25, 0.3) is 0 Å². The van der Waals surface area contributed by atoms with Gasteiger partial charge in [-0.25, -0.2) is 4.79 Å². The normalized spacial score (nSPS) is 14.8. The van der Waals surface area contributed by atoms with Crippen LogP contribution in [0.15, 0.2) is 4.99 Å². The maximum Gasteiger partial charge on any atom is 0.326 e. The molecule has 0 aromatic heterocycles. The molecule has 0 fully saturated rings. The zero-order valence-electron chi connectivity index (χ0n) is 20.2. The van der Waals surface area contributed by atoms with Crippen LogP contribution >= 0.6 is 0 Å². The first-order chi connectivity index (χ1) is 16.7. The van der Waals surface area contributed by atoms with Crippen molar-refractivity contribution >= 4 is 41.5 Å². The Morgan fingerprint density at radius 2 is 1.44 bits per heavy atom. The van der Waals surface area contributed by atoms with Crippen molar-refractivity contribution in [3.63, 3.8) is 0 Å². The molecule has 13 N–H and O–H groups in total. The molecule has 204 valence electrons. The van der Waals surface area contributed by atoms with Gasteiger partial charge >= 0.3 is 11.9 Å². The summed E-state index contributed by atoms with van der Waals surface area (Å²) in [5.74, 6) is -7.28. The Hall–Kier alpha value is -3.95. The molecule has 4 amide bonds. The predicted octanol–water partition coefficient (Wildman–Crippen LogP) is -3.70. The fourth-order valence-electron chi connectivity index (χ4n) is 2.93. The van der Waals surface area contributed by atoms with Gasteiger partial charge in [0.1, 0.15) is 18.1 Å². The molecule has 0 aromatic rings. The first-order valence-electron chi connectivity index (χ1n) is 11.1. The number of nitrogens with zero attached hydrogens (tertiary/aromatic N) is 1. The molecule has 5 atom stereocenters. The van der Waals surface area contributed by atoms with Crippen molar-refractivity contribution in [3.05, 3.63) is 0 Å². The smallest absolute Gasteiger partial charge is 0.326 e. The number of carboxylic acids is 2. The van der Waals surface area contributed by atoms with E-state index < -0.39 is 78.5 Å². The summed E-state index contributed by atoms with van der Waals surface area (Å²) < 4.78 is 0. The number of nitrogens with one attached hydrogen (secondary N) is 3. The molecule has 0 spiro atoms. The van der Waals surface area contributed by atoms with Crippen molar-refractivity contribution in [2.24, 2.45) is 33.8 Å². The second-order valence-corrected chi connectivity index (χ2v) is 8.16. The van der Waals surface area contributed by atoms with Crippen LogP contribution in [0.2, 0.25) is 0 Å². The number of guanidine groups is 1. The average molecular weight is 517 g/mol. The molecule has 16 heteroatoms. The van der Waals surface area contributed by atoms with Crippen molar-refractivity contribution in [1.82, 2.24) is 16.0 Å². The van der Waals surface area contributed by atoms with Crippen LogP contribution < -0.4 is 38.9 Å². The van der Waals surface area contributed by atoms with E-state index in [1.807, 2.05) is 0 Å². The van der Waals surface area contributed by atoms with Crippen LogP contribution in [0.3, 0.4) is 0 Å². The lowest BCUT2D eigenvalue weighted by molar-refractivity contribution is -0.144. The van der Waals surface area contributed by atoms with Crippen LogP contribution in [0, 0.1) is 5.92 Å². The van der Waals surface area contributed by atoms with Crippen LogP contribution in [-0.4, -0.2) is 82.5 Å². The number of hydrogen-bond acceptors (Lipinski definition) is 8. The van der Waals surface area contributed by atoms with Gasteiger partial charge in [-0.3, -0.25) is 29.0 Å². The topological polar surface area (TPSA) is 295 Å². The monoisotopic (exact) mass is 516 g/mol. The summed E-state index contributed by atoms with van der Waals surface area (Å²) in [5, 5.41) is 25.2. The summed E-state index contributed by atoms with van der Waals surface area (Å²) in [7, 11) is 0. The molecular weight excluding hydrogens is 480 g/mol. The third-order valence-electron chi connectivity index (χ3n) is 5.13. The molecular formula is C20H36N8O8. The van der Waals surface area contributed by atoms with E-state index in [1.54, 1.807) is 13.8 Å². The van der Waals surface area contributed by atoms with Gasteiger partial charge in [0.15, 0.2) is 5.96 Å². The van der Waals surface area contributed by atoms with Gasteiger partial charge in [0.05, 0.1) is 18.9 Å². The SMILES string of the molecule is CCC(C)C(NC(=O)C(CC(=O)O)NC(=O)C(N)CCCN=C(N)N)C(=O)NC(CC(N)=O)C(=O)O. The number of amides is 4. The van der Waals surface area contributed by atoms with E-state index >= 15 is 0 Å². The molecule has 0 saturated carbocycles. The van der Waals surface area contributed by atoms with Gasteiger partial charge < -0.3 is 49.1 Å². The highest BCUT2D eigenvalue weighted by molar-refractivity contribution is 5.96. The first kappa shape index (κ1) is 32.0. The number of hydrogen-bond donors (Lipinski definition) is 9. The first-order valence-corrected chi connectivity index (χ1v) is 11.1. The van der Waals surface area contributed by atoms with E-state index in [2.05, 4.69) is 20.9 Å². The standard InChI is InChI=1S/C20H36N8O8/c1-3-9(2)15(18(34)27-12(19(35)36)7-13(22)29)28-17(33)11(8-14(30)31)26-16(32)10(21)5-4-6-25-20(23)24/h9-12,15H,3-8,21H2,1-2H3,(H2,22,29)(H,26,32)(H,27,34)(H,28,33)(H,30,31)(H,35,36)(H4,23,24,25). The summed E-state index contributed by atoms with van der Waals surface area (Å²) in [6.07, 6.45) is -0.650. The molecule has 0 aromatic carbocycles. The molecule has 0 aliphatic carbocycles. The van der Waals surface area contributed by atoms with Crippen LogP contribution in [0.5, 0.6) is 0 Å². The Balaban J connectivity index is 5.49. The minimum Gasteiger partial charge on any atom is -0.481 e. The number of nitrogens with two attached hydrogens (primary N) is 4.